The first-order valence-corrected chi connectivity index (χ1v) is 12.7. The van der Waals surface area contributed by atoms with Crippen LogP contribution in [0.25, 0.3) is 0 Å². The largest absolute Gasteiger partial charge is 0.459 e. The number of hydrogen-bond donors (Lipinski definition) is 1. The molecule has 0 spiro atoms. The zero-order chi connectivity index (χ0) is 23.5. The molecule has 0 radical (unpaired) electrons. The van der Waals surface area contributed by atoms with Gasteiger partial charge in [0.2, 0.25) is 0 Å². The number of rotatable bonds is 7. The maximum absolute atomic E-state index is 12.9. The number of carbonyl (C=O) groups excluding carboxylic acids is 1. The number of piperidine rings is 1. The van der Waals surface area contributed by atoms with E-state index in [0.29, 0.717) is 0 Å². The Morgan fingerprint density at radius 3 is 2.50 bits per heavy atom. The fraction of sp³-hybridized carbons (Fsp3) is 0.423. The maximum atomic E-state index is 12.9. The molecule has 180 valence electrons. The number of ether oxygens (including phenoxy) is 1. The number of hydrogen-bond acceptors (Lipinski definition) is 5. The van der Waals surface area contributed by atoms with Crippen LogP contribution in [0.1, 0.15) is 70.3 Å². The number of carbonyl (C=O) groups is 1. The molecular weight excluding hydrogens is 458 g/mol. The first-order chi connectivity index (χ1) is 16.6. The number of halogens is 2. The van der Waals surface area contributed by atoms with Gasteiger partial charge < -0.3 is 14.5 Å². The van der Waals surface area contributed by atoms with Crippen molar-refractivity contribution in [1.82, 2.24) is 4.90 Å². The summed E-state index contributed by atoms with van der Waals surface area (Å²) in [4.78, 5) is 16.7. The molecule has 8 heteroatoms. The molecule has 1 unspecified atom stereocenters. The highest BCUT2D eigenvalue weighted by Gasteiger charge is 2.33. The summed E-state index contributed by atoms with van der Waals surface area (Å²) < 4.78 is 35.3. The minimum Gasteiger partial charge on any atom is -0.459 e. The van der Waals surface area contributed by atoms with Crippen LogP contribution in [0, 0.1) is 0 Å². The minimum absolute atomic E-state index is 0.0640. The number of benzene rings is 1. The van der Waals surface area contributed by atoms with Crippen LogP contribution >= 0.6 is 11.3 Å². The number of anilines is 1. The molecule has 1 saturated heterocycles. The van der Waals surface area contributed by atoms with Gasteiger partial charge in [0.25, 0.3) is 5.91 Å². The normalized spacial score (nSPS) is 17.4. The summed E-state index contributed by atoms with van der Waals surface area (Å²) in [5, 5.41) is 3.99. The van der Waals surface area contributed by atoms with E-state index in [-0.39, 0.29) is 23.5 Å². The van der Waals surface area contributed by atoms with E-state index in [2.05, 4.69) is 15.0 Å². The highest BCUT2D eigenvalue weighted by molar-refractivity contribution is 7.16. The molecule has 5 nitrogen and oxygen atoms in total. The summed E-state index contributed by atoms with van der Waals surface area (Å²) in [6.45, 7) is -0.942. The predicted molar refractivity (Wildman–Crippen MR) is 128 cm³/mol. The lowest BCUT2D eigenvalue weighted by Gasteiger charge is -2.36. The highest BCUT2D eigenvalue weighted by atomic mass is 32.1. The molecule has 1 aliphatic heterocycles. The van der Waals surface area contributed by atoms with Gasteiger partial charge in [-0.15, -0.1) is 11.3 Å². The first-order valence-electron chi connectivity index (χ1n) is 11.9. The van der Waals surface area contributed by atoms with Crippen LogP contribution in [0.5, 0.6) is 5.75 Å². The van der Waals surface area contributed by atoms with Gasteiger partial charge in [-0.25, -0.2) is 0 Å². The van der Waals surface area contributed by atoms with E-state index in [0.717, 1.165) is 67.7 Å². The molecule has 2 aliphatic rings. The summed E-state index contributed by atoms with van der Waals surface area (Å²) in [7, 11) is 0. The molecule has 0 bridgehead atoms. The second-order valence-corrected chi connectivity index (χ2v) is 9.94. The molecule has 1 amide bonds. The van der Waals surface area contributed by atoms with Crippen LogP contribution in [-0.2, 0) is 12.8 Å². The highest BCUT2D eigenvalue weighted by Crippen LogP contribution is 2.46. The smallest absolute Gasteiger partial charge is 0.387 e. The number of nitrogens with zero attached hydrogens (tertiary/aromatic N) is 1. The second-order valence-electron chi connectivity index (χ2n) is 8.83. The third-order valence-electron chi connectivity index (χ3n) is 6.63. The molecule has 3 aromatic rings. The van der Waals surface area contributed by atoms with Crippen LogP contribution in [0.3, 0.4) is 0 Å². The zero-order valence-electron chi connectivity index (χ0n) is 18.9. The van der Waals surface area contributed by atoms with Crippen LogP contribution in [0.2, 0.25) is 0 Å². The van der Waals surface area contributed by atoms with Gasteiger partial charge in [0.1, 0.15) is 10.8 Å². The average Bonchev–Trinajstić information content (AvgIpc) is 3.50. The van der Waals surface area contributed by atoms with Gasteiger partial charge in [-0.05, 0) is 87.0 Å². The predicted octanol–water partition coefficient (Wildman–Crippen LogP) is 6.65. The molecule has 34 heavy (non-hydrogen) atoms. The van der Waals surface area contributed by atoms with Crippen molar-refractivity contribution < 1.29 is 22.7 Å². The van der Waals surface area contributed by atoms with E-state index in [1.54, 1.807) is 35.6 Å². The van der Waals surface area contributed by atoms with E-state index in [1.165, 1.54) is 23.1 Å². The summed E-state index contributed by atoms with van der Waals surface area (Å²) in [6.07, 6.45) is 9.19. The van der Waals surface area contributed by atoms with Gasteiger partial charge in [0.05, 0.1) is 12.3 Å². The standard InChI is InChI=1S/C26H28F2N2O3S/c27-26(28)33-18-12-10-17(11-13-18)23(30-14-4-1-5-15-30)22-19-7-2-3-9-21(19)34-25(22)29-24(31)20-8-6-16-32-20/h6,8,10-13,16,23,26H,1-5,7,9,14-15H2,(H,29,31). The van der Waals surface area contributed by atoms with Crippen molar-refractivity contribution in [1.29, 1.82) is 0 Å². The van der Waals surface area contributed by atoms with Gasteiger partial charge in [-0.3, -0.25) is 9.69 Å². The molecule has 3 heterocycles. The van der Waals surface area contributed by atoms with Crippen molar-refractivity contribution in [2.45, 2.75) is 57.6 Å². The molecule has 2 aromatic heterocycles. The first kappa shape index (κ1) is 23.1. The molecule has 1 fully saturated rings. The number of alkyl halides is 2. The number of aryl methyl sites for hydroxylation is 1. The Morgan fingerprint density at radius 1 is 1.03 bits per heavy atom. The van der Waals surface area contributed by atoms with E-state index in [4.69, 9.17) is 4.42 Å². The fourth-order valence-corrected chi connectivity index (χ4v) is 6.43. The third kappa shape index (κ3) is 4.88. The van der Waals surface area contributed by atoms with Crippen LogP contribution in [-0.4, -0.2) is 30.5 Å². The molecule has 1 atom stereocenters. The van der Waals surface area contributed by atoms with Gasteiger partial charge in [-0.2, -0.15) is 8.78 Å². The average molecular weight is 487 g/mol. The SMILES string of the molecule is O=C(Nc1sc2c(c1C(c1ccc(OC(F)F)cc1)N1CCCCC1)CCCC2)c1ccco1. The van der Waals surface area contributed by atoms with E-state index in [1.807, 2.05) is 12.1 Å². The van der Waals surface area contributed by atoms with Crippen LogP contribution < -0.4 is 10.1 Å². The van der Waals surface area contributed by atoms with Crippen molar-refractivity contribution in [3.63, 3.8) is 0 Å². The third-order valence-corrected chi connectivity index (χ3v) is 7.86. The van der Waals surface area contributed by atoms with Crippen molar-refractivity contribution in [3.8, 4) is 5.75 Å². The van der Waals surface area contributed by atoms with Crippen molar-refractivity contribution in [3.05, 3.63) is 70.0 Å². The molecule has 1 aromatic carbocycles. The van der Waals surface area contributed by atoms with E-state index >= 15 is 0 Å². The Balaban J connectivity index is 1.57. The Kier molecular flexibility index (Phi) is 6.97. The second kappa shape index (κ2) is 10.3. The van der Waals surface area contributed by atoms with Gasteiger partial charge in [0.15, 0.2) is 5.76 Å². The molecular formula is C26H28F2N2O3S. The summed E-state index contributed by atoms with van der Waals surface area (Å²) in [5.41, 5.74) is 3.49. The number of likely N-dealkylation sites (tertiary alicyclic amines) is 1. The van der Waals surface area contributed by atoms with E-state index < -0.39 is 6.61 Å². The lowest BCUT2D eigenvalue weighted by atomic mass is 9.88. The van der Waals surface area contributed by atoms with Crippen LogP contribution in [0.4, 0.5) is 13.8 Å². The van der Waals surface area contributed by atoms with Crippen molar-refractivity contribution in [2.24, 2.45) is 0 Å². The Morgan fingerprint density at radius 2 is 1.79 bits per heavy atom. The van der Waals surface area contributed by atoms with Crippen molar-refractivity contribution >= 4 is 22.2 Å². The number of thiophene rings is 1. The van der Waals surface area contributed by atoms with E-state index in [9.17, 15) is 13.6 Å². The Labute approximate surface area is 201 Å². The summed E-state index contributed by atoms with van der Waals surface area (Å²) in [6, 6.07) is 10.3. The lowest BCUT2D eigenvalue weighted by molar-refractivity contribution is -0.0498. The van der Waals surface area contributed by atoms with Gasteiger partial charge in [-0.1, -0.05) is 18.6 Å². The van der Waals surface area contributed by atoms with Gasteiger partial charge in [0, 0.05) is 10.4 Å². The minimum atomic E-state index is -2.85. The number of amides is 1. The maximum Gasteiger partial charge on any atom is 0.387 e. The lowest BCUT2D eigenvalue weighted by Crippen LogP contribution is -2.35. The summed E-state index contributed by atoms with van der Waals surface area (Å²) >= 11 is 1.66. The quantitative estimate of drug-likeness (QED) is 0.406. The Bertz CT molecular complexity index is 1110. The van der Waals surface area contributed by atoms with Crippen LogP contribution in [0.15, 0.2) is 47.1 Å². The fourth-order valence-electron chi connectivity index (χ4n) is 5.11. The monoisotopic (exact) mass is 486 g/mol. The number of furan rings is 1. The molecule has 0 saturated carbocycles. The van der Waals surface area contributed by atoms with Crippen molar-refractivity contribution in [2.75, 3.05) is 18.4 Å². The summed E-state index contributed by atoms with van der Waals surface area (Å²) in [5.74, 6) is 0.165. The number of nitrogens with one attached hydrogen (secondary N) is 1. The molecule has 1 N–H and O–H groups in total. The zero-order valence-corrected chi connectivity index (χ0v) is 19.7. The molecule has 5 rings (SSSR count). The Hall–Kier alpha value is -2.71. The number of fused-ring (bicyclic) bond motifs is 1. The topological polar surface area (TPSA) is 54.7 Å². The van der Waals surface area contributed by atoms with Gasteiger partial charge >= 0.3 is 6.61 Å². The molecule has 1 aliphatic carbocycles.